The quantitative estimate of drug-likeness (QED) is 0.719. The van der Waals surface area contributed by atoms with Crippen LogP contribution in [0.3, 0.4) is 0 Å². The number of halogens is 1. The third-order valence-electron chi connectivity index (χ3n) is 3.33. The Morgan fingerprint density at radius 3 is 2.67 bits per heavy atom. The highest BCUT2D eigenvalue weighted by atomic mass is 35.5. The molecule has 1 heterocycles. The van der Waals surface area contributed by atoms with Crippen molar-refractivity contribution in [1.82, 2.24) is 15.2 Å². The highest BCUT2D eigenvalue weighted by Gasteiger charge is 2.04. The number of rotatable bonds is 5. The molecule has 2 aromatic carbocycles. The van der Waals surface area contributed by atoms with E-state index in [0.717, 1.165) is 22.7 Å². The molecule has 0 saturated heterocycles. The second-order valence-corrected chi connectivity index (χ2v) is 5.52. The van der Waals surface area contributed by atoms with E-state index in [0.29, 0.717) is 16.8 Å². The number of nitrogens with one attached hydrogen (secondary N) is 2. The Hall–Kier alpha value is -2.86. The Labute approximate surface area is 144 Å². The summed E-state index contributed by atoms with van der Waals surface area (Å²) in [6.45, 7) is 1.95. The largest absolute Gasteiger partial charge is 0.497 e. The van der Waals surface area contributed by atoms with Crippen molar-refractivity contribution in [3.63, 3.8) is 0 Å². The third-order valence-corrected chi connectivity index (χ3v) is 3.74. The van der Waals surface area contributed by atoms with Gasteiger partial charge in [-0.05, 0) is 36.8 Å². The van der Waals surface area contributed by atoms with Crippen molar-refractivity contribution in [2.45, 2.75) is 6.92 Å². The summed E-state index contributed by atoms with van der Waals surface area (Å²) in [4.78, 5) is 4.39. The summed E-state index contributed by atoms with van der Waals surface area (Å²) in [5.74, 6) is 1.71. The highest BCUT2D eigenvalue weighted by Crippen LogP contribution is 2.23. The van der Waals surface area contributed by atoms with Crippen molar-refractivity contribution >= 4 is 34.7 Å². The summed E-state index contributed by atoms with van der Waals surface area (Å²) in [5, 5.41) is 14.9. The molecule has 2 N–H and O–H groups in total. The van der Waals surface area contributed by atoms with Gasteiger partial charge in [-0.1, -0.05) is 23.7 Å². The number of aromatic nitrogens is 3. The summed E-state index contributed by atoms with van der Waals surface area (Å²) >= 11 is 6.13. The van der Waals surface area contributed by atoms with E-state index in [1.807, 2.05) is 49.4 Å². The molecule has 0 aliphatic carbocycles. The zero-order valence-electron chi connectivity index (χ0n) is 13.2. The number of hydrogen-bond acceptors (Lipinski definition) is 6. The first-order chi connectivity index (χ1) is 11.6. The summed E-state index contributed by atoms with van der Waals surface area (Å²) in [6, 6.07) is 13.2. The van der Waals surface area contributed by atoms with E-state index in [1.165, 1.54) is 0 Å². The van der Waals surface area contributed by atoms with Crippen molar-refractivity contribution in [1.29, 1.82) is 0 Å². The van der Waals surface area contributed by atoms with Crippen LogP contribution < -0.4 is 15.4 Å². The lowest BCUT2D eigenvalue weighted by molar-refractivity contribution is 0.415. The van der Waals surface area contributed by atoms with Gasteiger partial charge in [0.15, 0.2) is 5.82 Å². The Morgan fingerprint density at radius 2 is 1.88 bits per heavy atom. The van der Waals surface area contributed by atoms with Gasteiger partial charge in [0, 0.05) is 22.5 Å². The van der Waals surface area contributed by atoms with Gasteiger partial charge >= 0.3 is 0 Å². The molecule has 1 aromatic heterocycles. The summed E-state index contributed by atoms with van der Waals surface area (Å²) in [6.07, 6.45) is 1.55. The van der Waals surface area contributed by atoms with Crippen molar-refractivity contribution < 1.29 is 4.74 Å². The lowest BCUT2D eigenvalue weighted by atomic mass is 10.2. The second-order valence-electron chi connectivity index (χ2n) is 5.11. The van der Waals surface area contributed by atoms with Gasteiger partial charge in [0.1, 0.15) is 5.75 Å². The molecule has 0 spiro atoms. The van der Waals surface area contributed by atoms with Crippen LogP contribution in [0.1, 0.15) is 5.56 Å². The van der Waals surface area contributed by atoms with Crippen molar-refractivity contribution in [3.05, 3.63) is 59.2 Å². The van der Waals surface area contributed by atoms with Crippen molar-refractivity contribution in [2.24, 2.45) is 0 Å². The molecule has 0 atom stereocenters. The monoisotopic (exact) mass is 341 g/mol. The number of hydrogen-bond donors (Lipinski definition) is 2. The molecule has 0 aliphatic heterocycles. The SMILES string of the molecule is COc1cccc(Nc2cnnc(Nc3ccc(C)c(Cl)c3)n2)c1. The number of nitrogens with zero attached hydrogens (tertiary/aromatic N) is 3. The molecule has 24 heavy (non-hydrogen) atoms. The van der Waals surface area contributed by atoms with E-state index < -0.39 is 0 Å². The maximum Gasteiger partial charge on any atom is 0.249 e. The molecule has 122 valence electrons. The van der Waals surface area contributed by atoms with Crippen LogP contribution in [0.4, 0.5) is 23.1 Å². The molecule has 0 aliphatic rings. The van der Waals surface area contributed by atoms with Crippen LogP contribution in [-0.4, -0.2) is 22.3 Å². The van der Waals surface area contributed by atoms with Gasteiger partial charge in [0.2, 0.25) is 5.95 Å². The topological polar surface area (TPSA) is 72.0 Å². The van der Waals surface area contributed by atoms with Gasteiger partial charge in [0.25, 0.3) is 0 Å². The lowest BCUT2D eigenvalue weighted by Gasteiger charge is -2.09. The number of aryl methyl sites for hydroxylation is 1. The van der Waals surface area contributed by atoms with Crippen LogP contribution in [0.2, 0.25) is 5.02 Å². The molecule has 7 heteroatoms. The van der Waals surface area contributed by atoms with E-state index in [2.05, 4.69) is 25.8 Å². The van der Waals surface area contributed by atoms with Crippen LogP contribution in [0.5, 0.6) is 5.75 Å². The van der Waals surface area contributed by atoms with Gasteiger partial charge in [0.05, 0.1) is 13.3 Å². The Bertz CT molecular complexity index is 856. The number of benzene rings is 2. The van der Waals surface area contributed by atoms with E-state index in [9.17, 15) is 0 Å². The minimum absolute atomic E-state index is 0.378. The molecule has 0 bridgehead atoms. The zero-order chi connectivity index (χ0) is 16.9. The van der Waals surface area contributed by atoms with Gasteiger partial charge in [-0.15, -0.1) is 5.10 Å². The summed E-state index contributed by atoms with van der Waals surface area (Å²) in [5.41, 5.74) is 2.65. The fourth-order valence-corrected chi connectivity index (χ4v) is 2.25. The predicted molar refractivity (Wildman–Crippen MR) is 95.6 cm³/mol. The van der Waals surface area contributed by atoms with Crippen LogP contribution in [0.15, 0.2) is 48.7 Å². The molecule has 0 amide bonds. The standard InChI is InChI=1S/C17H16ClN5O/c1-11-6-7-13(9-15(11)18)21-17-22-16(10-19-23-17)20-12-4-3-5-14(8-12)24-2/h3-10H,1-2H3,(H2,20,21,22,23). The maximum atomic E-state index is 6.13. The Balaban J connectivity index is 1.77. The Kier molecular flexibility index (Phi) is 4.77. The van der Waals surface area contributed by atoms with Crippen molar-refractivity contribution in [3.8, 4) is 5.75 Å². The van der Waals surface area contributed by atoms with Crippen molar-refractivity contribution in [2.75, 3.05) is 17.7 Å². The molecule has 3 aromatic rings. The first kappa shape index (κ1) is 16.0. The molecule has 0 saturated carbocycles. The molecular formula is C17H16ClN5O. The molecule has 3 rings (SSSR count). The maximum absolute atomic E-state index is 6.13. The first-order valence-electron chi connectivity index (χ1n) is 7.28. The predicted octanol–water partition coefficient (Wildman–Crippen LogP) is 4.33. The smallest absolute Gasteiger partial charge is 0.249 e. The van der Waals surface area contributed by atoms with Crippen LogP contribution in [-0.2, 0) is 0 Å². The molecule has 6 nitrogen and oxygen atoms in total. The average molecular weight is 342 g/mol. The van der Waals surface area contributed by atoms with E-state index in [4.69, 9.17) is 16.3 Å². The van der Waals surface area contributed by atoms with Gasteiger partial charge in [-0.2, -0.15) is 10.1 Å². The normalized spacial score (nSPS) is 10.3. The third kappa shape index (κ3) is 3.91. The van der Waals surface area contributed by atoms with E-state index >= 15 is 0 Å². The minimum Gasteiger partial charge on any atom is -0.497 e. The van der Waals surface area contributed by atoms with Gasteiger partial charge in [-0.3, -0.25) is 0 Å². The van der Waals surface area contributed by atoms with Gasteiger partial charge in [-0.25, -0.2) is 0 Å². The van der Waals surface area contributed by atoms with E-state index in [-0.39, 0.29) is 0 Å². The highest BCUT2D eigenvalue weighted by molar-refractivity contribution is 6.31. The lowest BCUT2D eigenvalue weighted by Crippen LogP contribution is -2.02. The number of ether oxygens (including phenoxy) is 1. The fraction of sp³-hybridized carbons (Fsp3) is 0.118. The molecule has 0 radical (unpaired) electrons. The first-order valence-corrected chi connectivity index (χ1v) is 7.66. The average Bonchev–Trinajstić information content (AvgIpc) is 2.59. The zero-order valence-corrected chi connectivity index (χ0v) is 14.0. The van der Waals surface area contributed by atoms with Crippen LogP contribution in [0.25, 0.3) is 0 Å². The second kappa shape index (κ2) is 7.14. The summed E-state index contributed by atoms with van der Waals surface area (Å²) < 4.78 is 5.20. The molecule has 0 unspecified atom stereocenters. The number of methoxy groups -OCH3 is 1. The summed E-state index contributed by atoms with van der Waals surface area (Å²) in [7, 11) is 1.63. The molecular weight excluding hydrogens is 326 g/mol. The van der Waals surface area contributed by atoms with Gasteiger partial charge < -0.3 is 15.4 Å². The minimum atomic E-state index is 0.378. The fourth-order valence-electron chi connectivity index (χ4n) is 2.07. The number of anilines is 4. The molecule has 0 fully saturated rings. The van der Waals surface area contributed by atoms with E-state index in [1.54, 1.807) is 13.3 Å². The van der Waals surface area contributed by atoms with Crippen LogP contribution >= 0.6 is 11.6 Å². The van der Waals surface area contributed by atoms with Crippen LogP contribution in [0, 0.1) is 6.92 Å². The Morgan fingerprint density at radius 1 is 1.04 bits per heavy atom.